The number of likely N-dealkylation sites (tertiary alicyclic amines) is 1. The Morgan fingerprint density at radius 2 is 2.18 bits per heavy atom. The Balaban J connectivity index is 2.17. The van der Waals surface area contributed by atoms with Crippen molar-refractivity contribution in [2.75, 3.05) is 19.6 Å². The summed E-state index contributed by atoms with van der Waals surface area (Å²) in [7, 11) is 0. The van der Waals surface area contributed by atoms with Crippen LogP contribution in [0.15, 0.2) is 0 Å². The van der Waals surface area contributed by atoms with Gasteiger partial charge in [-0.1, -0.05) is 13.8 Å². The quantitative estimate of drug-likeness (QED) is 0.621. The highest BCUT2D eigenvalue weighted by atomic mass is 16.3. The van der Waals surface area contributed by atoms with Crippen molar-refractivity contribution in [2.45, 2.75) is 20.0 Å². The highest BCUT2D eigenvalue weighted by Gasteiger charge is 2.26. The summed E-state index contributed by atoms with van der Waals surface area (Å²) in [6.07, 6.45) is -0.199. The van der Waals surface area contributed by atoms with Crippen LogP contribution < -0.4 is 0 Å². The van der Waals surface area contributed by atoms with Crippen molar-refractivity contribution in [1.82, 2.24) is 4.90 Å². The van der Waals surface area contributed by atoms with Crippen molar-refractivity contribution < 1.29 is 9.90 Å². The first-order valence-electron chi connectivity index (χ1n) is 4.02. The van der Waals surface area contributed by atoms with E-state index in [0.29, 0.717) is 19.6 Å². The van der Waals surface area contributed by atoms with Gasteiger partial charge in [-0.2, -0.15) is 0 Å². The normalized spacial score (nSPS) is 20.4. The van der Waals surface area contributed by atoms with Gasteiger partial charge in [-0.3, -0.25) is 9.69 Å². The number of β-amino-alcohol motifs (C(OH)–C–C–N with tert-alkyl or cyclic N) is 1. The van der Waals surface area contributed by atoms with Crippen molar-refractivity contribution in [3.05, 3.63) is 0 Å². The number of ketones is 1. The summed E-state index contributed by atoms with van der Waals surface area (Å²) in [5, 5.41) is 8.92. The van der Waals surface area contributed by atoms with Gasteiger partial charge in [0, 0.05) is 19.0 Å². The van der Waals surface area contributed by atoms with Crippen LogP contribution >= 0.6 is 0 Å². The van der Waals surface area contributed by atoms with Crippen molar-refractivity contribution in [1.29, 1.82) is 0 Å². The standard InChI is InChI=1S/C8H15NO2/c1-6(2)8(11)5-9-3-7(10)4-9/h6-7,10H,3-5H2,1-2H3. The zero-order valence-electron chi connectivity index (χ0n) is 7.08. The molecule has 0 aromatic heterocycles. The lowest BCUT2D eigenvalue weighted by Crippen LogP contribution is -2.52. The van der Waals surface area contributed by atoms with E-state index in [1.165, 1.54) is 0 Å². The molecule has 0 bridgehead atoms. The summed E-state index contributed by atoms with van der Waals surface area (Å²) >= 11 is 0. The second-order valence-electron chi connectivity index (χ2n) is 3.47. The van der Waals surface area contributed by atoms with Gasteiger partial charge in [0.15, 0.2) is 0 Å². The van der Waals surface area contributed by atoms with Crippen molar-refractivity contribution >= 4 is 5.78 Å². The van der Waals surface area contributed by atoms with E-state index in [4.69, 9.17) is 5.11 Å². The second-order valence-corrected chi connectivity index (χ2v) is 3.47. The fourth-order valence-electron chi connectivity index (χ4n) is 1.07. The largest absolute Gasteiger partial charge is 0.390 e. The highest BCUT2D eigenvalue weighted by Crippen LogP contribution is 2.08. The van der Waals surface area contributed by atoms with Crippen LogP contribution in [0.4, 0.5) is 0 Å². The lowest BCUT2D eigenvalue weighted by Gasteiger charge is -2.35. The molecule has 1 aliphatic rings. The number of carbonyl (C=O) groups is 1. The Morgan fingerprint density at radius 3 is 2.55 bits per heavy atom. The molecular weight excluding hydrogens is 142 g/mol. The summed E-state index contributed by atoms with van der Waals surface area (Å²) in [5.41, 5.74) is 0. The third-order valence-corrected chi connectivity index (χ3v) is 1.96. The first kappa shape index (κ1) is 8.68. The van der Waals surface area contributed by atoms with Gasteiger partial charge in [0.05, 0.1) is 12.6 Å². The molecule has 0 saturated carbocycles. The summed E-state index contributed by atoms with van der Waals surface area (Å²) in [6.45, 7) is 5.64. The molecule has 0 radical (unpaired) electrons. The maximum absolute atomic E-state index is 11.1. The number of Topliss-reactive ketones (excluding diaryl/α,β-unsaturated/α-hetero) is 1. The first-order chi connectivity index (χ1) is 5.09. The van der Waals surface area contributed by atoms with Crippen LogP contribution in [0.25, 0.3) is 0 Å². The molecule has 1 heterocycles. The van der Waals surface area contributed by atoms with E-state index in [1.807, 2.05) is 18.7 Å². The molecule has 0 spiro atoms. The molecule has 0 aliphatic carbocycles. The number of hydrogen-bond donors (Lipinski definition) is 1. The number of carbonyl (C=O) groups excluding carboxylic acids is 1. The van der Waals surface area contributed by atoms with Crippen LogP contribution in [0.2, 0.25) is 0 Å². The van der Waals surface area contributed by atoms with E-state index in [1.54, 1.807) is 0 Å². The van der Waals surface area contributed by atoms with Gasteiger partial charge in [0.25, 0.3) is 0 Å². The van der Waals surface area contributed by atoms with Gasteiger partial charge in [-0.15, -0.1) is 0 Å². The number of rotatable bonds is 3. The predicted molar refractivity (Wildman–Crippen MR) is 42.3 cm³/mol. The molecule has 0 amide bonds. The van der Waals surface area contributed by atoms with Crippen LogP contribution in [0.1, 0.15) is 13.8 Å². The zero-order chi connectivity index (χ0) is 8.43. The van der Waals surface area contributed by atoms with E-state index in [0.717, 1.165) is 0 Å². The molecule has 1 N–H and O–H groups in total. The molecule has 0 unspecified atom stereocenters. The number of nitrogens with zero attached hydrogens (tertiary/aromatic N) is 1. The van der Waals surface area contributed by atoms with Crippen molar-refractivity contribution in [3.63, 3.8) is 0 Å². The van der Waals surface area contributed by atoms with Gasteiger partial charge >= 0.3 is 0 Å². The van der Waals surface area contributed by atoms with E-state index >= 15 is 0 Å². The van der Waals surface area contributed by atoms with Crippen LogP contribution in [0, 0.1) is 5.92 Å². The summed E-state index contributed by atoms with van der Waals surface area (Å²) < 4.78 is 0. The molecule has 1 fully saturated rings. The van der Waals surface area contributed by atoms with E-state index in [9.17, 15) is 4.79 Å². The summed E-state index contributed by atoms with van der Waals surface area (Å²) in [6, 6.07) is 0. The minimum Gasteiger partial charge on any atom is -0.390 e. The monoisotopic (exact) mass is 157 g/mol. The van der Waals surface area contributed by atoms with Gasteiger partial charge in [0.1, 0.15) is 5.78 Å². The maximum atomic E-state index is 11.1. The topological polar surface area (TPSA) is 40.5 Å². The summed E-state index contributed by atoms with van der Waals surface area (Å²) in [5.74, 6) is 0.379. The SMILES string of the molecule is CC(C)C(=O)CN1CC(O)C1. The molecular formula is C8H15NO2. The highest BCUT2D eigenvalue weighted by molar-refractivity contribution is 5.82. The Bertz CT molecular complexity index is 150. The molecule has 1 rings (SSSR count). The molecule has 64 valence electrons. The average Bonchev–Trinajstić information content (AvgIpc) is 1.84. The lowest BCUT2D eigenvalue weighted by atomic mass is 10.1. The molecule has 1 saturated heterocycles. The molecule has 0 aromatic carbocycles. The number of aliphatic hydroxyl groups excluding tert-OH is 1. The van der Waals surface area contributed by atoms with Gasteiger partial charge in [0.2, 0.25) is 0 Å². The molecule has 0 atom stereocenters. The minimum absolute atomic E-state index is 0.118. The third kappa shape index (κ3) is 2.27. The van der Waals surface area contributed by atoms with Gasteiger partial charge in [-0.25, -0.2) is 0 Å². The Labute approximate surface area is 67.0 Å². The van der Waals surface area contributed by atoms with Crippen molar-refractivity contribution in [3.8, 4) is 0 Å². The first-order valence-corrected chi connectivity index (χ1v) is 4.02. The van der Waals surface area contributed by atoms with Crippen LogP contribution in [0.3, 0.4) is 0 Å². The second kappa shape index (κ2) is 3.32. The van der Waals surface area contributed by atoms with E-state index < -0.39 is 0 Å². The van der Waals surface area contributed by atoms with Crippen LogP contribution in [-0.2, 0) is 4.79 Å². The number of hydrogen-bond acceptors (Lipinski definition) is 3. The smallest absolute Gasteiger partial charge is 0.149 e. The lowest BCUT2D eigenvalue weighted by molar-refractivity contribution is -0.125. The average molecular weight is 157 g/mol. The minimum atomic E-state index is -0.199. The fraction of sp³-hybridized carbons (Fsp3) is 0.875. The molecule has 3 nitrogen and oxygen atoms in total. The van der Waals surface area contributed by atoms with E-state index in [2.05, 4.69) is 0 Å². The van der Waals surface area contributed by atoms with Gasteiger partial charge in [-0.05, 0) is 0 Å². The van der Waals surface area contributed by atoms with Crippen LogP contribution in [0.5, 0.6) is 0 Å². The van der Waals surface area contributed by atoms with E-state index in [-0.39, 0.29) is 17.8 Å². The zero-order valence-corrected chi connectivity index (χ0v) is 7.08. The summed E-state index contributed by atoms with van der Waals surface area (Å²) in [4.78, 5) is 13.1. The molecule has 0 aromatic rings. The molecule has 1 aliphatic heterocycles. The van der Waals surface area contributed by atoms with Crippen molar-refractivity contribution in [2.24, 2.45) is 5.92 Å². The fourth-order valence-corrected chi connectivity index (χ4v) is 1.07. The Morgan fingerprint density at radius 1 is 1.64 bits per heavy atom. The Kier molecular flexibility index (Phi) is 2.62. The Hall–Kier alpha value is -0.410. The molecule has 11 heavy (non-hydrogen) atoms. The maximum Gasteiger partial charge on any atom is 0.149 e. The molecule has 3 heteroatoms. The number of aliphatic hydroxyl groups is 1. The van der Waals surface area contributed by atoms with Crippen LogP contribution in [-0.4, -0.2) is 41.5 Å². The third-order valence-electron chi connectivity index (χ3n) is 1.96. The van der Waals surface area contributed by atoms with Gasteiger partial charge < -0.3 is 5.11 Å². The predicted octanol–water partition coefficient (Wildman–Crippen LogP) is -0.112.